The highest BCUT2D eigenvalue weighted by Crippen LogP contribution is 2.19. The summed E-state index contributed by atoms with van der Waals surface area (Å²) in [5, 5.41) is 14.8. The van der Waals surface area contributed by atoms with Crippen LogP contribution in [0, 0.1) is 12.8 Å². The van der Waals surface area contributed by atoms with Crippen LogP contribution in [0.1, 0.15) is 26.2 Å². The first-order chi connectivity index (χ1) is 9.94. The molecule has 2 atom stereocenters. The lowest BCUT2D eigenvalue weighted by atomic mass is 10.1. The molecular formula is C15H21N3O3. The zero-order valence-corrected chi connectivity index (χ0v) is 12.5. The number of rotatable bonds is 5. The van der Waals surface area contributed by atoms with Crippen LogP contribution >= 0.6 is 0 Å². The molecule has 2 rings (SSSR count). The molecule has 0 spiro atoms. The number of aryl methyl sites for hydroxylation is 1. The zero-order valence-electron chi connectivity index (χ0n) is 12.5. The van der Waals surface area contributed by atoms with E-state index in [1.54, 1.807) is 32.0 Å². The fourth-order valence-electron chi connectivity index (χ4n) is 2.23. The van der Waals surface area contributed by atoms with Crippen molar-refractivity contribution in [2.75, 3.05) is 11.9 Å². The number of nitrogens with one attached hydrogen (secondary N) is 2. The Bertz CT molecular complexity index is 622. The molecule has 6 nitrogen and oxygen atoms in total. The quantitative estimate of drug-likeness (QED) is 0.790. The van der Waals surface area contributed by atoms with Crippen molar-refractivity contribution >= 4 is 22.8 Å². The van der Waals surface area contributed by atoms with Crippen LogP contribution in [0.15, 0.2) is 22.6 Å². The highest BCUT2D eigenvalue weighted by atomic mass is 16.3. The third-order valence-electron chi connectivity index (χ3n) is 3.11. The second kappa shape index (κ2) is 6.58. The van der Waals surface area contributed by atoms with Gasteiger partial charge in [-0.1, -0.05) is 6.92 Å². The summed E-state index contributed by atoms with van der Waals surface area (Å²) in [6, 6.07) is 5.05. The Morgan fingerprint density at radius 1 is 1.43 bits per heavy atom. The lowest BCUT2D eigenvalue weighted by Gasteiger charge is -2.14. The molecule has 0 saturated carbocycles. The van der Waals surface area contributed by atoms with E-state index in [2.05, 4.69) is 15.6 Å². The summed E-state index contributed by atoms with van der Waals surface area (Å²) < 4.78 is 5.42. The molecule has 2 aromatic rings. The van der Waals surface area contributed by atoms with Gasteiger partial charge in [-0.25, -0.2) is 9.78 Å². The summed E-state index contributed by atoms with van der Waals surface area (Å²) in [6.07, 6.45) is 0.297. The number of oxazole rings is 1. The Kier molecular flexibility index (Phi) is 4.80. The van der Waals surface area contributed by atoms with E-state index in [4.69, 9.17) is 4.42 Å². The summed E-state index contributed by atoms with van der Waals surface area (Å²) in [7, 11) is 0. The van der Waals surface area contributed by atoms with Crippen LogP contribution in [-0.4, -0.2) is 28.8 Å². The van der Waals surface area contributed by atoms with Crippen molar-refractivity contribution in [3.05, 3.63) is 24.1 Å². The number of amides is 2. The van der Waals surface area contributed by atoms with E-state index >= 15 is 0 Å². The summed E-state index contributed by atoms with van der Waals surface area (Å²) in [5.74, 6) is 0.814. The molecule has 2 amide bonds. The summed E-state index contributed by atoms with van der Waals surface area (Å²) >= 11 is 0. The van der Waals surface area contributed by atoms with E-state index in [1.807, 2.05) is 6.92 Å². The Morgan fingerprint density at radius 2 is 2.19 bits per heavy atom. The van der Waals surface area contributed by atoms with E-state index in [0.717, 1.165) is 5.52 Å². The van der Waals surface area contributed by atoms with Crippen molar-refractivity contribution in [3.8, 4) is 0 Å². The normalized spacial score (nSPS) is 13.9. The van der Waals surface area contributed by atoms with Gasteiger partial charge in [0.1, 0.15) is 5.52 Å². The number of carbonyl (C=O) groups excluding carboxylic acids is 1. The number of aliphatic hydroxyl groups is 1. The molecule has 0 radical (unpaired) electrons. The van der Waals surface area contributed by atoms with Crippen molar-refractivity contribution < 1.29 is 14.3 Å². The average molecular weight is 291 g/mol. The van der Waals surface area contributed by atoms with Gasteiger partial charge in [-0.3, -0.25) is 0 Å². The minimum absolute atomic E-state index is 0.218. The maximum atomic E-state index is 11.8. The third kappa shape index (κ3) is 4.46. The number of anilines is 1. The standard InChI is InChI=1S/C15H21N3O3/c1-9(6-10(2)19)8-16-15(20)18-12-4-5-13-14(7-12)21-11(3)17-13/h4-5,7,9-10,19H,6,8H2,1-3H3,(H2,16,18,20). The Morgan fingerprint density at radius 3 is 2.90 bits per heavy atom. The van der Waals surface area contributed by atoms with Gasteiger partial charge in [0.2, 0.25) is 0 Å². The number of aromatic nitrogens is 1. The van der Waals surface area contributed by atoms with Crippen molar-refractivity contribution in [3.63, 3.8) is 0 Å². The van der Waals surface area contributed by atoms with Gasteiger partial charge in [0, 0.05) is 25.2 Å². The van der Waals surface area contributed by atoms with Crippen LogP contribution in [0.5, 0.6) is 0 Å². The molecule has 0 aliphatic heterocycles. The highest BCUT2D eigenvalue weighted by Gasteiger charge is 2.09. The van der Waals surface area contributed by atoms with E-state index in [-0.39, 0.29) is 18.1 Å². The minimum Gasteiger partial charge on any atom is -0.441 e. The van der Waals surface area contributed by atoms with Crippen LogP contribution in [0.3, 0.4) is 0 Å². The van der Waals surface area contributed by atoms with E-state index in [0.29, 0.717) is 30.1 Å². The Labute approximate surface area is 123 Å². The molecule has 1 heterocycles. The predicted octanol–water partition coefficient (Wildman–Crippen LogP) is 2.66. The third-order valence-corrected chi connectivity index (χ3v) is 3.11. The topological polar surface area (TPSA) is 87.4 Å². The maximum Gasteiger partial charge on any atom is 0.319 e. The number of carbonyl (C=O) groups is 1. The molecule has 0 saturated heterocycles. The van der Waals surface area contributed by atoms with Gasteiger partial charge in [0.25, 0.3) is 0 Å². The zero-order chi connectivity index (χ0) is 15.4. The van der Waals surface area contributed by atoms with Gasteiger partial charge in [-0.2, -0.15) is 0 Å². The van der Waals surface area contributed by atoms with Crippen LogP contribution in [0.25, 0.3) is 11.1 Å². The average Bonchev–Trinajstić information content (AvgIpc) is 2.75. The number of fused-ring (bicyclic) bond motifs is 1. The second-order valence-electron chi connectivity index (χ2n) is 5.44. The first-order valence-electron chi connectivity index (χ1n) is 7.04. The molecule has 0 aliphatic rings. The Balaban J connectivity index is 1.89. The molecule has 114 valence electrons. The van der Waals surface area contributed by atoms with Crippen molar-refractivity contribution in [1.82, 2.24) is 10.3 Å². The van der Waals surface area contributed by atoms with Crippen molar-refractivity contribution in [2.24, 2.45) is 5.92 Å². The number of aliphatic hydroxyl groups excluding tert-OH is 1. The molecule has 0 bridgehead atoms. The number of hydrogen-bond acceptors (Lipinski definition) is 4. The molecule has 3 N–H and O–H groups in total. The molecule has 0 fully saturated rings. The molecule has 6 heteroatoms. The number of nitrogens with zero attached hydrogens (tertiary/aromatic N) is 1. The summed E-state index contributed by atoms with van der Waals surface area (Å²) in [6.45, 7) is 6.02. The van der Waals surface area contributed by atoms with Crippen LogP contribution in [0.2, 0.25) is 0 Å². The lowest BCUT2D eigenvalue weighted by molar-refractivity contribution is 0.163. The monoisotopic (exact) mass is 291 g/mol. The van der Waals surface area contributed by atoms with E-state index < -0.39 is 0 Å². The summed E-state index contributed by atoms with van der Waals surface area (Å²) in [5.41, 5.74) is 2.07. The molecule has 2 unspecified atom stereocenters. The van der Waals surface area contributed by atoms with Crippen molar-refractivity contribution in [2.45, 2.75) is 33.3 Å². The van der Waals surface area contributed by atoms with E-state index in [9.17, 15) is 9.90 Å². The lowest BCUT2D eigenvalue weighted by Crippen LogP contribution is -2.33. The molecule has 1 aromatic heterocycles. The minimum atomic E-state index is -0.359. The second-order valence-corrected chi connectivity index (χ2v) is 5.44. The van der Waals surface area contributed by atoms with E-state index in [1.165, 1.54) is 0 Å². The van der Waals surface area contributed by atoms with Crippen LogP contribution < -0.4 is 10.6 Å². The molecule has 1 aromatic carbocycles. The van der Waals surface area contributed by atoms with Gasteiger partial charge in [-0.15, -0.1) is 0 Å². The Hall–Kier alpha value is -2.08. The number of urea groups is 1. The first-order valence-corrected chi connectivity index (χ1v) is 7.04. The van der Waals surface area contributed by atoms with Gasteiger partial charge in [0.15, 0.2) is 11.5 Å². The number of hydrogen-bond donors (Lipinski definition) is 3. The summed E-state index contributed by atoms with van der Waals surface area (Å²) in [4.78, 5) is 16.0. The molecule has 0 aliphatic carbocycles. The van der Waals surface area contributed by atoms with Gasteiger partial charge < -0.3 is 20.2 Å². The fraction of sp³-hybridized carbons (Fsp3) is 0.467. The van der Waals surface area contributed by atoms with Crippen LogP contribution in [0.4, 0.5) is 10.5 Å². The first kappa shape index (κ1) is 15.3. The highest BCUT2D eigenvalue weighted by molar-refractivity contribution is 5.91. The molecular weight excluding hydrogens is 270 g/mol. The van der Waals surface area contributed by atoms with Crippen molar-refractivity contribution in [1.29, 1.82) is 0 Å². The maximum absolute atomic E-state index is 11.8. The SMILES string of the molecule is Cc1nc2ccc(NC(=O)NCC(C)CC(C)O)cc2o1. The fourth-order valence-corrected chi connectivity index (χ4v) is 2.23. The van der Waals surface area contributed by atoms with Crippen LogP contribution in [-0.2, 0) is 0 Å². The smallest absolute Gasteiger partial charge is 0.319 e. The van der Waals surface area contributed by atoms with Gasteiger partial charge >= 0.3 is 6.03 Å². The number of benzene rings is 1. The van der Waals surface area contributed by atoms with Gasteiger partial charge in [-0.05, 0) is 31.4 Å². The predicted molar refractivity (Wildman–Crippen MR) is 81.2 cm³/mol. The largest absolute Gasteiger partial charge is 0.441 e. The van der Waals surface area contributed by atoms with Gasteiger partial charge in [0.05, 0.1) is 6.10 Å². The molecule has 21 heavy (non-hydrogen) atoms.